The fourth-order valence-electron chi connectivity index (χ4n) is 4.16. The highest BCUT2D eigenvalue weighted by Crippen LogP contribution is 2.32. The number of benzene rings is 2. The van der Waals surface area contributed by atoms with Gasteiger partial charge >= 0.3 is 0 Å². The normalized spacial score (nSPS) is 20.4. The molecule has 0 aromatic heterocycles. The third kappa shape index (κ3) is 5.32. The Labute approximate surface area is 178 Å². The van der Waals surface area contributed by atoms with Gasteiger partial charge in [0.1, 0.15) is 32.7 Å². The minimum atomic E-state index is 0.107. The summed E-state index contributed by atoms with van der Waals surface area (Å²) in [5.41, 5.74) is 3.83. The minimum Gasteiger partial charge on any atom is -0.454 e. The largest absolute Gasteiger partial charge is 0.454 e. The third-order valence-corrected chi connectivity index (χ3v) is 6.10. The molecule has 160 valence electrons. The lowest BCUT2D eigenvalue weighted by atomic mass is 10.0. The Hall–Kier alpha value is -2.57. The number of hydrogen-bond acceptors (Lipinski definition) is 3. The molecule has 30 heavy (non-hydrogen) atoms. The first-order valence-electron chi connectivity index (χ1n) is 11.0. The van der Waals surface area contributed by atoms with Crippen molar-refractivity contribution in [1.82, 2.24) is 5.32 Å². The van der Waals surface area contributed by atoms with E-state index in [0.717, 1.165) is 49.8 Å². The van der Waals surface area contributed by atoms with Gasteiger partial charge in [0.2, 0.25) is 6.79 Å². The lowest BCUT2D eigenvalue weighted by Gasteiger charge is -2.29. The molecule has 0 atom stereocenters. The van der Waals surface area contributed by atoms with Gasteiger partial charge in [0.15, 0.2) is 18.0 Å². The van der Waals surface area contributed by atoms with E-state index >= 15 is 0 Å². The van der Waals surface area contributed by atoms with Crippen molar-refractivity contribution in [2.75, 3.05) is 39.5 Å². The summed E-state index contributed by atoms with van der Waals surface area (Å²) < 4.78 is 10.7. The van der Waals surface area contributed by atoms with E-state index in [1.807, 2.05) is 18.2 Å². The summed E-state index contributed by atoms with van der Waals surface area (Å²) in [7, 11) is 0. The third-order valence-electron chi connectivity index (χ3n) is 6.10. The first kappa shape index (κ1) is 20.7. The van der Waals surface area contributed by atoms with Gasteiger partial charge < -0.3 is 24.6 Å². The zero-order valence-electron chi connectivity index (χ0n) is 18.0. The maximum Gasteiger partial charge on any atom is 0.275 e. The number of rotatable bonds is 7. The lowest BCUT2D eigenvalue weighted by molar-refractivity contribution is -1.02. The second-order valence-corrected chi connectivity index (χ2v) is 8.71. The van der Waals surface area contributed by atoms with Crippen LogP contribution in [-0.4, -0.2) is 45.4 Å². The van der Waals surface area contributed by atoms with E-state index in [1.54, 1.807) is 4.90 Å². The highest BCUT2D eigenvalue weighted by Gasteiger charge is 2.25. The van der Waals surface area contributed by atoms with Crippen molar-refractivity contribution in [3.63, 3.8) is 0 Å². The van der Waals surface area contributed by atoms with Crippen molar-refractivity contribution in [2.24, 2.45) is 0 Å². The average Bonchev–Trinajstić information content (AvgIpc) is 3.22. The number of piperazine rings is 1. The van der Waals surface area contributed by atoms with Crippen molar-refractivity contribution in [3.8, 4) is 11.5 Å². The molecule has 0 unspecified atom stereocenters. The molecule has 1 fully saturated rings. The Kier molecular flexibility index (Phi) is 6.55. The maximum atomic E-state index is 12.4. The van der Waals surface area contributed by atoms with Gasteiger partial charge in [-0.15, -0.1) is 0 Å². The van der Waals surface area contributed by atoms with Crippen molar-refractivity contribution < 1.29 is 24.1 Å². The summed E-state index contributed by atoms with van der Waals surface area (Å²) in [5, 5.41) is 3.04. The van der Waals surface area contributed by atoms with Gasteiger partial charge in [-0.2, -0.15) is 0 Å². The molecule has 3 N–H and O–H groups in total. The predicted molar refractivity (Wildman–Crippen MR) is 115 cm³/mol. The Morgan fingerprint density at radius 3 is 2.33 bits per heavy atom. The Bertz CT molecular complexity index is 858. The molecule has 1 amide bonds. The first-order valence-corrected chi connectivity index (χ1v) is 11.0. The minimum absolute atomic E-state index is 0.107. The molecule has 4 rings (SSSR count). The fourth-order valence-corrected chi connectivity index (χ4v) is 4.16. The van der Waals surface area contributed by atoms with E-state index in [2.05, 4.69) is 43.4 Å². The molecule has 0 spiro atoms. The van der Waals surface area contributed by atoms with Gasteiger partial charge in [-0.3, -0.25) is 4.79 Å². The monoisotopic (exact) mass is 411 g/mol. The lowest BCUT2D eigenvalue weighted by Crippen LogP contribution is -3.28. The van der Waals surface area contributed by atoms with Crippen LogP contribution in [0.2, 0.25) is 0 Å². The quantitative estimate of drug-likeness (QED) is 0.608. The number of carbonyl (C=O) groups is 1. The van der Waals surface area contributed by atoms with Crippen LogP contribution in [0.4, 0.5) is 0 Å². The number of ether oxygens (including phenoxy) is 2. The molecular weight excluding hydrogens is 378 g/mol. The average molecular weight is 412 g/mol. The molecule has 6 heteroatoms. The van der Waals surface area contributed by atoms with Gasteiger partial charge in [0, 0.05) is 12.1 Å². The van der Waals surface area contributed by atoms with Gasteiger partial charge in [0.25, 0.3) is 5.91 Å². The molecule has 1 saturated heterocycles. The van der Waals surface area contributed by atoms with E-state index in [1.165, 1.54) is 16.0 Å². The summed E-state index contributed by atoms with van der Waals surface area (Å²) in [6.07, 6.45) is 0. The Balaban J connectivity index is 1.17. The molecule has 0 radical (unpaired) electrons. The van der Waals surface area contributed by atoms with Gasteiger partial charge in [-0.1, -0.05) is 44.2 Å². The number of fused-ring (bicyclic) bond motifs is 1. The Morgan fingerprint density at radius 1 is 0.933 bits per heavy atom. The molecular formula is C24H33N3O3+2. The van der Waals surface area contributed by atoms with E-state index in [-0.39, 0.29) is 12.7 Å². The van der Waals surface area contributed by atoms with E-state index < -0.39 is 0 Å². The van der Waals surface area contributed by atoms with E-state index in [0.29, 0.717) is 19.0 Å². The van der Waals surface area contributed by atoms with Gasteiger partial charge in [0.05, 0.1) is 0 Å². The Morgan fingerprint density at radius 2 is 1.60 bits per heavy atom. The molecule has 6 nitrogen and oxygen atoms in total. The zero-order chi connectivity index (χ0) is 20.9. The summed E-state index contributed by atoms with van der Waals surface area (Å²) in [6, 6.07) is 14.8. The molecule has 0 saturated carbocycles. The summed E-state index contributed by atoms with van der Waals surface area (Å²) in [5.74, 6) is 2.21. The molecule has 2 heterocycles. The second kappa shape index (κ2) is 9.49. The highest BCUT2D eigenvalue weighted by molar-refractivity contribution is 5.76. The zero-order valence-corrected chi connectivity index (χ0v) is 18.0. The van der Waals surface area contributed by atoms with Crippen LogP contribution in [0.5, 0.6) is 11.5 Å². The van der Waals surface area contributed by atoms with Crippen molar-refractivity contribution in [1.29, 1.82) is 0 Å². The topological polar surface area (TPSA) is 56.4 Å². The highest BCUT2D eigenvalue weighted by atomic mass is 16.7. The van der Waals surface area contributed by atoms with Crippen molar-refractivity contribution in [2.45, 2.75) is 32.9 Å². The van der Waals surface area contributed by atoms with E-state index in [9.17, 15) is 4.79 Å². The summed E-state index contributed by atoms with van der Waals surface area (Å²) >= 11 is 0. The van der Waals surface area contributed by atoms with Crippen LogP contribution in [0.15, 0.2) is 42.5 Å². The van der Waals surface area contributed by atoms with Crippen LogP contribution in [-0.2, 0) is 17.9 Å². The van der Waals surface area contributed by atoms with Gasteiger partial charge in [-0.25, -0.2) is 0 Å². The van der Waals surface area contributed by atoms with Crippen LogP contribution in [0.3, 0.4) is 0 Å². The number of quaternary nitrogens is 2. The fraction of sp³-hybridized carbons (Fsp3) is 0.458. The molecule has 2 aromatic carbocycles. The van der Waals surface area contributed by atoms with Gasteiger partial charge in [-0.05, 0) is 29.2 Å². The summed E-state index contributed by atoms with van der Waals surface area (Å²) in [4.78, 5) is 15.4. The number of amides is 1. The number of carbonyl (C=O) groups excluding carboxylic acids is 1. The van der Waals surface area contributed by atoms with Crippen LogP contribution < -0.4 is 24.6 Å². The standard InChI is InChI=1S/C24H31N3O3/c1-18(2)21-6-3-19(4-7-21)15-26-9-11-27(12-10-26)16-24(28)25-14-20-5-8-22-23(13-20)30-17-29-22/h3-8,13,18H,9-12,14-17H2,1-2H3,(H,25,28)/p+2. The first-order chi connectivity index (χ1) is 14.6. The van der Waals surface area contributed by atoms with Crippen LogP contribution in [0.1, 0.15) is 36.5 Å². The maximum absolute atomic E-state index is 12.4. The number of hydrogen-bond donors (Lipinski definition) is 3. The molecule has 0 bridgehead atoms. The molecule has 0 aliphatic carbocycles. The predicted octanol–water partition coefficient (Wildman–Crippen LogP) is 0.139. The van der Waals surface area contributed by atoms with Crippen molar-refractivity contribution >= 4 is 5.91 Å². The molecule has 2 aliphatic heterocycles. The smallest absolute Gasteiger partial charge is 0.275 e. The van der Waals surface area contributed by atoms with Crippen LogP contribution >= 0.6 is 0 Å². The molecule has 2 aliphatic rings. The SMILES string of the molecule is CC(C)c1ccc(C[NH+]2CC[NH+](CC(=O)NCc3ccc4c(c3)OCO4)CC2)cc1. The van der Waals surface area contributed by atoms with Crippen molar-refractivity contribution in [3.05, 3.63) is 59.2 Å². The van der Waals surface area contributed by atoms with Crippen LogP contribution in [0, 0.1) is 0 Å². The summed E-state index contributed by atoms with van der Waals surface area (Å²) in [6.45, 7) is 11.2. The number of nitrogens with one attached hydrogen (secondary N) is 3. The molecule has 2 aromatic rings. The van der Waals surface area contributed by atoms with E-state index in [4.69, 9.17) is 9.47 Å². The van der Waals surface area contributed by atoms with Crippen LogP contribution in [0.25, 0.3) is 0 Å². The second-order valence-electron chi connectivity index (χ2n) is 8.71.